The summed E-state index contributed by atoms with van der Waals surface area (Å²) in [7, 11) is -5.17. The second-order valence-corrected chi connectivity index (χ2v) is 7.81. The first kappa shape index (κ1) is 26.6. The number of carboxylic acids is 2. The fraction of sp³-hybridized carbons (Fsp3) is 0. The average Bonchev–Trinajstić information content (AvgIpc) is 2.84. The van der Waals surface area contributed by atoms with Gasteiger partial charge in [0.2, 0.25) is 0 Å². The average molecular weight is 526 g/mol. The first-order valence-corrected chi connectivity index (χ1v) is 11.4. The summed E-state index contributed by atoms with van der Waals surface area (Å²) in [6.07, 6.45) is 3.57. The molecule has 0 bridgehead atoms. The van der Waals surface area contributed by atoms with E-state index in [0.717, 1.165) is 0 Å². The number of nitrogens with one attached hydrogen (secondary N) is 2. The molecule has 4 N–H and O–H groups in total. The van der Waals surface area contributed by atoms with Crippen LogP contribution >= 0.6 is 0 Å². The Morgan fingerprint density at radius 1 is 0.730 bits per heavy atom. The van der Waals surface area contributed by atoms with Crippen molar-refractivity contribution in [1.82, 2.24) is 15.0 Å². The van der Waals surface area contributed by atoms with Crippen molar-refractivity contribution in [2.45, 2.75) is 0 Å². The van der Waals surface area contributed by atoms with Gasteiger partial charge in [0.1, 0.15) is 0 Å². The van der Waals surface area contributed by atoms with Gasteiger partial charge in [0.05, 0.1) is 23.5 Å². The number of hydrogen-bond acceptors (Lipinski definition) is 11. The van der Waals surface area contributed by atoms with E-state index in [1.807, 2.05) is 18.2 Å². The van der Waals surface area contributed by atoms with Gasteiger partial charge in [-0.1, -0.05) is 6.07 Å². The highest BCUT2D eigenvalue weighted by molar-refractivity contribution is 7.79. The molecule has 2 aromatic carbocycles. The van der Waals surface area contributed by atoms with Crippen molar-refractivity contribution in [3.8, 4) is 5.95 Å². The van der Waals surface area contributed by atoms with Crippen molar-refractivity contribution >= 4 is 45.6 Å². The first-order chi connectivity index (χ1) is 17.5. The second kappa shape index (κ2) is 11.6. The number of nitrogens with zero attached hydrogens (tertiary/aromatic N) is 4. The lowest BCUT2D eigenvalue weighted by molar-refractivity contribution is -0.603. The number of benzene rings is 2. The Bertz CT molecular complexity index is 1420. The molecule has 0 unspecified atom stereocenters. The second-order valence-electron chi connectivity index (χ2n) is 6.99. The Morgan fingerprint density at radius 2 is 1.11 bits per heavy atom. The smallest absolute Gasteiger partial charge is 0.759 e. The summed E-state index contributed by atoms with van der Waals surface area (Å²) < 4.78 is 35.8. The molecule has 0 aliphatic carbocycles. The van der Waals surface area contributed by atoms with Crippen LogP contribution in [0, 0.1) is 0 Å². The van der Waals surface area contributed by atoms with Crippen LogP contribution in [0.1, 0.15) is 22.1 Å². The van der Waals surface area contributed by atoms with E-state index in [4.69, 9.17) is 27.7 Å². The van der Waals surface area contributed by atoms with Crippen molar-refractivity contribution in [2.75, 3.05) is 10.6 Å². The molecule has 2 aromatic heterocycles. The lowest BCUT2D eigenvalue weighted by Crippen LogP contribution is -2.32. The van der Waals surface area contributed by atoms with Crippen LogP contribution < -0.4 is 15.2 Å². The van der Waals surface area contributed by atoms with Crippen LogP contribution in [0.25, 0.3) is 5.95 Å². The van der Waals surface area contributed by atoms with Gasteiger partial charge in [-0.2, -0.15) is 0 Å². The molecule has 0 amide bonds. The number of carbonyl (C=O) groups is 2. The van der Waals surface area contributed by atoms with Crippen LogP contribution in [-0.4, -0.2) is 54.6 Å². The molecule has 0 aliphatic rings. The van der Waals surface area contributed by atoms with Crippen molar-refractivity contribution in [1.29, 1.82) is 0 Å². The maximum Gasteiger partial charge on any atom is 1.00 e. The number of rotatable bonds is 7. The Balaban J connectivity index is 0.000000774. The molecule has 0 radical (unpaired) electrons. The number of carboxylic acid groups (broad SMARTS) is 2. The minimum Gasteiger partial charge on any atom is -0.759 e. The number of aromatic carboxylic acids is 2. The Hall–Kier alpha value is -4.99. The van der Waals surface area contributed by atoms with Crippen LogP contribution in [0.15, 0.2) is 79.1 Å². The molecule has 15 heteroatoms. The summed E-state index contributed by atoms with van der Waals surface area (Å²) in [5, 5.41) is 24.2. The summed E-state index contributed by atoms with van der Waals surface area (Å²) in [5.74, 6) is -1.21. The third-order valence-electron chi connectivity index (χ3n) is 4.35. The van der Waals surface area contributed by atoms with Crippen LogP contribution in [0.5, 0.6) is 0 Å². The third kappa shape index (κ3) is 8.62. The minimum atomic E-state index is -5.17. The van der Waals surface area contributed by atoms with Crippen molar-refractivity contribution in [3.63, 3.8) is 0 Å². The predicted octanol–water partition coefficient (Wildman–Crippen LogP) is 1.81. The SMILES string of the molecule is O=C(O)c1ccc(Nc2nc(Nc3ccc(C(=O)O)cc3)nc(-[n+]3ccccc3)n2)cc1.O=S(=O)([O-])[O-].[H+]. The minimum absolute atomic E-state index is 0. The number of aromatic nitrogens is 4. The highest BCUT2D eigenvalue weighted by atomic mass is 32.3. The van der Waals surface area contributed by atoms with Crippen molar-refractivity contribution < 1.29 is 43.3 Å². The molecule has 0 aliphatic heterocycles. The lowest BCUT2D eigenvalue weighted by atomic mass is 10.2. The molecular formula is C22H18N6O8S. The van der Waals surface area contributed by atoms with Gasteiger partial charge in [0, 0.05) is 21.8 Å². The number of anilines is 4. The molecule has 0 saturated carbocycles. The summed E-state index contributed by atoms with van der Waals surface area (Å²) in [6, 6.07) is 17.9. The van der Waals surface area contributed by atoms with Crippen LogP contribution in [0.4, 0.5) is 23.3 Å². The molecule has 0 atom stereocenters. The highest BCUT2D eigenvalue weighted by Gasteiger charge is 2.18. The summed E-state index contributed by atoms with van der Waals surface area (Å²) in [5.41, 5.74) is 1.53. The van der Waals surface area contributed by atoms with E-state index in [1.165, 1.54) is 24.3 Å². The molecule has 37 heavy (non-hydrogen) atoms. The van der Waals surface area contributed by atoms with E-state index >= 15 is 0 Å². The van der Waals surface area contributed by atoms with E-state index in [0.29, 0.717) is 17.3 Å². The van der Waals surface area contributed by atoms with E-state index in [-0.39, 0.29) is 24.5 Å². The Labute approximate surface area is 211 Å². The van der Waals surface area contributed by atoms with E-state index in [1.54, 1.807) is 41.2 Å². The topological polar surface area (TPSA) is 221 Å². The summed E-state index contributed by atoms with van der Waals surface area (Å²) >= 11 is 0. The predicted molar refractivity (Wildman–Crippen MR) is 126 cm³/mol. The van der Waals surface area contributed by atoms with Gasteiger partial charge in [0.15, 0.2) is 0 Å². The van der Waals surface area contributed by atoms with E-state index in [2.05, 4.69) is 25.6 Å². The van der Waals surface area contributed by atoms with Gasteiger partial charge in [0.25, 0.3) is 0 Å². The molecule has 0 saturated heterocycles. The quantitative estimate of drug-likeness (QED) is 0.153. The maximum atomic E-state index is 11.1. The highest BCUT2D eigenvalue weighted by Crippen LogP contribution is 2.18. The standard InChI is InChI=1S/C22H16N6O4.H2O4S/c29-18(30)14-4-8-16(9-5-14)23-20-25-21(24-17-10-6-15(7-11-17)19(31)32)27-22(26-20)28-12-2-1-3-13-28;1-5(2,3)4/h1-13H,(H3-,23,24,25,26,27,29,30,31,32);(H2,1,2,3,4). The van der Waals surface area contributed by atoms with Gasteiger partial charge in [-0.25, -0.2) is 14.2 Å². The normalized spacial score (nSPS) is 10.5. The zero-order chi connectivity index (χ0) is 27.0. The Morgan fingerprint density at radius 3 is 1.46 bits per heavy atom. The summed E-state index contributed by atoms with van der Waals surface area (Å²) in [4.78, 5) is 35.3. The third-order valence-corrected chi connectivity index (χ3v) is 4.35. The zero-order valence-corrected chi connectivity index (χ0v) is 19.4. The molecule has 4 aromatic rings. The van der Waals surface area contributed by atoms with Gasteiger partial charge >= 0.3 is 31.2 Å². The van der Waals surface area contributed by atoms with Gasteiger partial charge in [-0.3, -0.25) is 8.42 Å². The molecule has 0 spiro atoms. The van der Waals surface area contributed by atoms with Crippen LogP contribution in [0.2, 0.25) is 0 Å². The fourth-order valence-electron chi connectivity index (χ4n) is 2.77. The fourth-order valence-corrected chi connectivity index (χ4v) is 2.77. The van der Waals surface area contributed by atoms with Gasteiger partial charge in [-0.15, -0.1) is 4.98 Å². The molecular weight excluding hydrogens is 508 g/mol. The van der Waals surface area contributed by atoms with E-state index < -0.39 is 22.3 Å². The molecule has 2 heterocycles. The maximum absolute atomic E-state index is 11.1. The summed E-state index contributed by atoms with van der Waals surface area (Å²) in [6.45, 7) is 0. The van der Waals surface area contributed by atoms with Crippen molar-refractivity contribution in [3.05, 3.63) is 90.3 Å². The van der Waals surface area contributed by atoms with Gasteiger partial charge in [-0.05, 0) is 70.6 Å². The van der Waals surface area contributed by atoms with Crippen LogP contribution in [-0.2, 0) is 10.4 Å². The first-order valence-electron chi connectivity index (χ1n) is 10.1. The molecule has 190 valence electrons. The lowest BCUT2D eigenvalue weighted by Gasteiger charge is -2.06. The molecule has 0 fully saturated rings. The molecule has 14 nitrogen and oxygen atoms in total. The van der Waals surface area contributed by atoms with E-state index in [9.17, 15) is 9.59 Å². The largest absolute Gasteiger partial charge is 1.00 e. The number of pyridine rings is 1. The molecule has 4 rings (SSSR count). The van der Waals surface area contributed by atoms with Crippen LogP contribution in [0.3, 0.4) is 0 Å². The Kier molecular flexibility index (Phi) is 8.36. The van der Waals surface area contributed by atoms with Crippen molar-refractivity contribution in [2.24, 2.45) is 0 Å². The van der Waals surface area contributed by atoms with Gasteiger partial charge < -0.3 is 30.0 Å². The number of hydrogen-bond donors (Lipinski definition) is 4. The monoisotopic (exact) mass is 526 g/mol. The zero-order valence-electron chi connectivity index (χ0n) is 19.5.